The quantitative estimate of drug-likeness (QED) is 0.810. The first-order chi connectivity index (χ1) is 9.81. The van der Waals surface area contributed by atoms with E-state index in [9.17, 15) is 0 Å². The van der Waals surface area contributed by atoms with Crippen molar-refractivity contribution in [1.29, 1.82) is 0 Å². The number of hydrogen-bond acceptors (Lipinski definition) is 5. The van der Waals surface area contributed by atoms with Crippen LogP contribution in [0.4, 0.5) is 11.5 Å². The average molecular weight is 272 g/mol. The van der Waals surface area contributed by atoms with Gasteiger partial charge in [-0.25, -0.2) is 9.97 Å². The highest BCUT2D eigenvalue weighted by Crippen LogP contribution is 2.18. The summed E-state index contributed by atoms with van der Waals surface area (Å²) >= 11 is 0. The van der Waals surface area contributed by atoms with Crippen molar-refractivity contribution in [2.75, 3.05) is 18.5 Å². The first kappa shape index (κ1) is 14.3. The Morgan fingerprint density at radius 3 is 2.95 bits per heavy atom. The lowest BCUT2D eigenvalue weighted by Gasteiger charge is -2.08. The van der Waals surface area contributed by atoms with Crippen LogP contribution in [0.5, 0.6) is 5.88 Å². The van der Waals surface area contributed by atoms with Crippen LogP contribution >= 0.6 is 0 Å². The molecule has 0 saturated heterocycles. The Balaban J connectivity index is 2.07. The maximum Gasteiger partial charge on any atom is 0.218 e. The third kappa shape index (κ3) is 4.20. The molecule has 0 amide bonds. The van der Waals surface area contributed by atoms with Gasteiger partial charge in [0.25, 0.3) is 0 Å². The van der Waals surface area contributed by atoms with Crippen molar-refractivity contribution >= 4 is 11.5 Å². The van der Waals surface area contributed by atoms with E-state index in [0.717, 1.165) is 24.3 Å². The third-order valence-electron chi connectivity index (χ3n) is 2.80. The van der Waals surface area contributed by atoms with Crippen LogP contribution in [-0.4, -0.2) is 23.1 Å². The molecule has 1 heterocycles. The normalized spacial score (nSPS) is 10.3. The maximum atomic E-state index is 5.54. The molecule has 0 spiro atoms. The van der Waals surface area contributed by atoms with Crippen LogP contribution in [0.3, 0.4) is 0 Å². The molecule has 0 aliphatic heterocycles. The number of rotatable bonds is 7. The number of benzene rings is 1. The van der Waals surface area contributed by atoms with Gasteiger partial charge in [-0.1, -0.05) is 12.1 Å². The van der Waals surface area contributed by atoms with Gasteiger partial charge in [-0.3, -0.25) is 0 Å². The minimum absolute atomic E-state index is 0.573. The molecule has 5 heteroatoms. The zero-order valence-corrected chi connectivity index (χ0v) is 11.7. The van der Waals surface area contributed by atoms with E-state index in [-0.39, 0.29) is 0 Å². The van der Waals surface area contributed by atoms with E-state index in [1.165, 1.54) is 11.9 Å². The van der Waals surface area contributed by atoms with Crippen LogP contribution in [0.2, 0.25) is 0 Å². The molecule has 0 bridgehead atoms. The Hall–Kier alpha value is -2.14. The fourth-order valence-electron chi connectivity index (χ4n) is 1.89. The third-order valence-corrected chi connectivity index (χ3v) is 2.80. The Morgan fingerprint density at radius 1 is 1.25 bits per heavy atom. The monoisotopic (exact) mass is 272 g/mol. The first-order valence-corrected chi connectivity index (χ1v) is 6.82. The maximum absolute atomic E-state index is 5.54. The van der Waals surface area contributed by atoms with Gasteiger partial charge in [-0.05, 0) is 44.0 Å². The van der Waals surface area contributed by atoms with E-state index in [4.69, 9.17) is 10.5 Å². The van der Waals surface area contributed by atoms with Crippen LogP contribution in [0.1, 0.15) is 18.9 Å². The molecule has 20 heavy (non-hydrogen) atoms. The summed E-state index contributed by atoms with van der Waals surface area (Å²) < 4.78 is 5.36. The number of anilines is 2. The highest BCUT2D eigenvalue weighted by molar-refractivity contribution is 5.57. The van der Waals surface area contributed by atoms with E-state index in [0.29, 0.717) is 19.0 Å². The van der Waals surface area contributed by atoms with Gasteiger partial charge in [0, 0.05) is 11.8 Å². The lowest BCUT2D eigenvalue weighted by atomic mass is 10.1. The molecule has 0 unspecified atom stereocenters. The van der Waals surface area contributed by atoms with Gasteiger partial charge in [0.2, 0.25) is 5.88 Å². The Bertz CT molecular complexity index is 545. The summed E-state index contributed by atoms with van der Waals surface area (Å²) in [6.45, 7) is 3.22. The number of aromatic nitrogens is 2. The molecule has 0 radical (unpaired) electrons. The van der Waals surface area contributed by atoms with E-state index in [2.05, 4.69) is 27.4 Å². The molecule has 2 aromatic rings. The van der Waals surface area contributed by atoms with Crippen molar-refractivity contribution in [1.82, 2.24) is 9.97 Å². The molecular weight excluding hydrogens is 252 g/mol. The molecule has 0 atom stereocenters. The van der Waals surface area contributed by atoms with Crippen LogP contribution in [0.15, 0.2) is 36.7 Å². The summed E-state index contributed by atoms with van der Waals surface area (Å²) in [6, 6.07) is 10.0. The predicted molar refractivity (Wildman–Crippen MR) is 80.3 cm³/mol. The zero-order valence-electron chi connectivity index (χ0n) is 11.7. The van der Waals surface area contributed by atoms with E-state index in [1.807, 2.05) is 19.1 Å². The Labute approximate surface area is 119 Å². The largest absolute Gasteiger partial charge is 0.478 e. The number of hydrogen-bond donors (Lipinski definition) is 2. The van der Waals surface area contributed by atoms with Crippen LogP contribution in [0, 0.1) is 0 Å². The molecule has 0 saturated carbocycles. The number of nitrogens with one attached hydrogen (secondary N) is 1. The van der Waals surface area contributed by atoms with Crippen molar-refractivity contribution in [2.24, 2.45) is 5.73 Å². The highest BCUT2D eigenvalue weighted by atomic mass is 16.5. The van der Waals surface area contributed by atoms with Gasteiger partial charge in [0.1, 0.15) is 12.1 Å². The smallest absolute Gasteiger partial charge is 0.218 e. The molecule has 1 aromatic carbocycles. The molecule has 0 aliphatic carbocycles. The average Bonchev–Trinajstić information content (AvgIpc) is 2.46. The molecular formula is C15H20N4O. The molecule has 2 rings (SSSR count). The number of nitrogens with zero attached hydrogens (tertiary/aromatic N) is 2. The second-order valence-electron chi connectivity index (χ2n) is 4.39. The van der Waals surface area contributed by atoms with Crippen molar-refractivity contribution in [3.63, 3.8) is 0 Å². The lowest BCUT2D eigenvalue weighted by molar-refractivity contribution is 0.326. The van der Waals surface area contributed by atoms with E-state index >= 15 is 0 Å². The van der Waals surface area contributed by atoms with Crippen LogP contribution < -0.4 is 15.8 Å². The second kappa shape index (κ2) is 7.45. The molecule has 3 N–H and O–H groups in total. The minimum Gasteiger partial charge on any atom is -0.478 e. The second-order valence-corrected chi connectivity index (χ2v) is 4.39. The predicted octanol–water partition coefficient (Wildman–Crippen LogP) is 2.51. The summed E-state index contributed by atoms with van der Waals surface area (Å²) in [5.74, 6) is 1.30. The number of nitrogens with two attached hydrogens (primary N) is 1. The minimum atomic E-state index is 0.573. The SMILES string of the molecule is CCOc1cc(Nc2cccc(CCCN)c2)ncn1. The summed E-state index contributed by atoms with van der Waals surface area (Å²) in [5.41, 5.74) is 7.80. The van der Waals surface area contributed by atoms with Gasteiger partial charge in [-0.15, -0.1) is 0 Å². The van der Waals surface area contributed by atoms with E-state index < -0.39 is 0 Å². The Kier molecular flexibility index (Phi) is 5.32. The summed E-state index contributed by atoms with van der Waals surface area (Å²) in [6.07, 6.45) is 3.47. The highest BCUT2D eigenvalue weighted by Gasteiger charge is 2.01. The number of ether oxygens (including phenoxy) is 1. The molecule has 5 nitrogen and oxygen atoms in total. The van der Waals surface area contributed by atoms with Crippen molar-refractivity contribution < 1.29 is 4.74 Å². The van der Waals surface area contributed by atoms with Gasteiger partial charge in [-0.2, -0.15) is 0 Å². The molecule has 1 aromatic heterocycles. The van der Waals surface area contributed by atoms with Crippen molar-refractivity contribution in [2.45, 2.75) is 19.8 Å². The standard InChI is InChI=1S/C15H20N4O/c1-2-20-15-10-14(17-11-18-15)19-13-7-3-5-12(9-13)6-4-8-16/h3,5,7,9-11H,2,4,6,8,16H2,1H3,(H,17,18,19). The van der Waals surface area contributed by atoms with Crippen molar-refractivity contribution in [3.05, 3.63) is 42.2 Å². The van der Waals surface area contributed by atoms with Gasteiger partial charge in [0.15, 0.2) is 0 Å². The summed E-state index contributed by atoms with van der Waals surface area (Å²) in [5, 5.41) is 3.26. The number of aryl methyl sites for hydroxylation is 1. The van der Waals surface area contributed by atoms with Gasteiger partial charge in [0.05, 0.1) is 6.61 Å². The van der Waals surface area contributed by atoms with Crippen LogP contribution in [-0.2, 0) is 6.42 Å². The van der Waals surface area contributed by atoms with Crippen molar-refractivity contribution in [3.8, 4) is 5.88 Å². The van der Waals surface area contributed by atoms with E-state index in [1.54, 1.807) is 6.07 Å². The zero-order chi connectivity index (χ0) is 14.2. The fourth-order valence-corrected chi connectivity index (χ4v) is 1.89. The molecule has 106 valence electrons. The summed E-state index contributed by atoms with van der Waals surface area (Å²) in [7, 11) is 0. The topological polar surface area (TPSA) is 73.1 Å². The Morgan fingerprint density at radius 2 is 2.15 bits per heavy atom. The molecule has 0 fully saturated rings. The fraction of sp³-hybridized carbons (Fsp3) is 0.333. The first-order valence-electron chi connectivity index (χ1n) is 6.82. The molecule has 0 aliphatic rings. The summed E-state index contributed by atoms with van der Waals surface area (Å²) in [4.78, 5) is 8.23. The van der Waals surface area contributed by atoms with Gasteiger partial charge >= 0.3 is 0 Å². The van der Waals surface area contributed by atoms with Gasteiger partial charge < -0.3 is 15.8 Å². The lowest BCUT2D eigenvalue weighted by Crippen LogP contribution is -2.01. The van der Waals surface area contributed by atoms with Crippen LogP contribution in [0.25, 0.3) is 0 Å².